The highest BCUT2D eigenvalue weighted by Crippen LogP contribution is 2.56. The number of carbonyl (C=O) groups is 2. The van der Waals surface area contributed by atoms with Gasteiger partial charge in [-0.05, 0) is 20.8 Å². The third-order valence-electron chi connectivity index (χ3n) is 2.16. The van der Waals surface area contributed by atoms with E-state index in [2.05, 4.69) is 0 Å². The molecule has 0 saturated heterocycles. The first-order valence-electron chi connectivity index (χ1n) is 4.62. The normalized spacial score (nSPS) is 27.3. The number of carbonyl (C=O) groups excluding carboxylic acids is 1. The molecular weight excluding hydrogens is 224 g/mol. The smallest absolute Gasteiger partial charge is 0.338 e. The minimum Gasteiger partial charge on any atom is -0.479 e. The van der Waals surface area contributed by atoms with E-state index in [1.807, 2.05) is 0 Å². The first kappa shape index (κ1) is 12.8. The lowest BCUT2D eigenvalue weighted by Gasteiger charge is -2.30. The van der Waals surface area contributed by atoms with E-state index in [9.17, 15) is 18.4 Å². The van der Waals surface area contributed by atoms with Crippen molar-refractivity contribution in [1.29, 1.82) is 0 Å². The van der Waals surface area contributed by atoms with E-state index in [4.69, 9.17) is 9.94 Å². The van der Waals surface area contributed by atoms with Crippen molar-refractivity contribution in [2.45, 2.75) is 44.3 Å². The summed E-state index contributed by atoms with van der Waals surface area (Å²) in [6.45, 7) is 4.58. The molecule has 0 spiro atoms. The van der Waals surface area contributed by atoms with Gasteiger partial charge in [0.1, 0.15) is 0 Å². The number of aliphatic carboxylic acids is 1. The topological polar surface area (TPSA) is 66.8 Å². The van der Waals surface area contributed by atoms with Crippen LogP contribution in [0.2, 0.25) is 0 Å². The molecule has 0 bridgehead atoms. The Bertz CT molecular complexity index is 326. The van der Waals surface area contributed by atoms with Crippen LogP contribution in [0.25, 0.3) is 0 Å². The van der Waals surface area contributed by atoms with Crippen LogP contribution in [0, 0.1) is 0 Å². The number of carboxylic acids is 1. The molecular formula is C9H13F2NO4. The van der Waals surface area contributed by atoms with Gasteiger partial charge in [0.15, 0.2) is 0 Å². The maximum absolute atomic E-state index is 13.1. The molecule has 1 unspecified atom stereocenters. The summed E-state index contributed by atoms with van der Waals surface area (Å²) in [6, 6.07) is 0. The maximum Gasteiger partial charge on any atom is 0.338 e. The molecule has 0 aromatic rings. The van der Waals surface area contributed by atoms with Gasteiger partial charge in [-0.15, -0.1) is 0 Å². The van der Waals surface area contributed by atoms with Crippen LogP contribution in [0.1, 0.15) is 27.2 Å². The average molecular weight is 237 g/mol. The average Bonchev–Trinajstić information content (AvgIpc) is 2.65. The molecule has 1 saturated carbocycles. The highest BCUT2D eigenvalue weighted by molar-refractivity contribution is 5.87. The summed E-state index contributed by atoms with van der Waals surface area (Å²) < 4.78 is 26.1. The molecule has 7 heteroatoms. The van der Waals surface area contributed by atoms with Gasteiger partial charge in [-0.1, -0.05) is 0 Å². The van der Waals surface area contributed by atoms with Gasteiger partial charge in [0.2, 0.25) is 11.9 Å². The molecule has 1 aliphatic carbocycles. The van der Waals surface area contributed by atoms with Gasteiger partial charge in [0, 0.05) is 0 Å². The van der Waals surface area contributed by atoms with Crippen molar-refractivity contribution in [3.8, 4) is 0 Å². The summed E-state index contributed by atoms with van der Waals surface area (Å²) in [5.41, 5.74) is -3.48. The second-order valence-corrected chi connectivity index (χ2v) is 4.68. The lowest BCUT2D eigenvalue weighted by molar-refractivity contribution is -0.250. The number of alkyl halides is 2. The van der Waals surface area contributed by atoms with Crippen molar-refractivity contribution in [2.24, 2.45) is 0 Å². The van der Waals surface area contributed by atoms with Crippen LogP contribution in [0.5, 0.6) is 0 Å². The Kier molecular flexibility index (Phi) is 2.71. The third kappa shape index (κ3) is 1.87. The Hall–Kier alpha value is -1.24. The van der Waals surface area contributed by atoms with E-state index < -0.39 is 29.5 Å². The first-order valence-corrected chi connectivity index (χ1v) is 4.62. The number of halogens is 2. The van der Waals surface area contributed by atoms with E-state index in [0.29, 0.717) is 0 Å². The molecule has 1 fully saturated rings. The fraction of sp³-hybridized carbons (Fsp3) is 0.778. The number of hydrogen-bond donors (Lipinski definition) is 1. The standard InChI is InChI=1S/C9H13F2NO4/c1-7(2,3)16-12(5-13)8(6(14)15)4-9(8,10)11/h5H,4H2,1-3H3,(H,14,15). The van der Waals surface area contributed by atoms with E-state index in [-0.39, 0.29) is 11.5 Å². The Morgan fingerprint density at radius 1 is 1.50 bits per heavy atom. The van der Waals surface area contributed by atoms with Crippen LogP contribution in [0.3, 0.4) is 0 Å². The Labute approximate surface area is 90.9 Å². The summed E-state index contributed by atoms with van der Waals surface area (Å²) in [6.07, 6.45) is -0.954. The predicted octanol–water partition coefficient (Wildman–Crippen LogP) is 1.04. The monoisotopic (exact) mass is 237 g/mol. The zero-order chi connectivity index (χ0) is 12.8. The number of nitrogens with zero attached hydrogens (tertiary/aromatic N) is 1. The highest BCUT2D eigenvalue weighted by Gasteiger charge is 2.81. The van der Waals surface area contributed by atoms with Gasteiger partial charge < -0.3 is 5.11 Å². The summed E-state index contributed by atoms with van der Waals surface area (Å²) >= 11 is 0. The lowest BCUT2D eigenvalue weighted by Crippen LogP contribution is -2.50. The van der Waals surface area contributed by atoms with Crippen LogP contribution in [0.15, 0.2) is 0 Å². The zero-order valence-corrected chi connectivity index (χ0v) is 9.16. The minimum atomic E-state index is -3.45. The van der Waals surface area contributed by atoms with Crippen LogP contribution in [-0.2, 0) is 14.4 Å². The Morgan fingerprint density at radius 2 is 1.94 bits per heavy atom. The van der Waals surface area contributed by atoms with E-state index in [0.717, 1.165) is 0 Å². The first-order chi connectivity index (χ1) is 7.07. The highest BCUT2D eigenvalue weighted by atomic mass is 19.3. The van der Waals surface area contributed by atoms with Gasteiger partial charge in [-0.2, -0.15) is 5.06 Å². The third-order valence-corrected chi connectivity index (χ3v) is 2.16. The zero-order valence-electron chi connectivity index (χ0n) is 9.16. The van der Waals surface area contributed by atoms with Crippen LogP contribution in [-0.4, -0.2) is 39.6 Å². The largest absolute Gasteiger partial charge is 0.479 e. The van der Waals surface area contributed by atoms with Crippen molar-refractivity contribution in [3.63, 3.8) is 0 Å². The quantitative estimate of drug-likeness (QED) is 0.586. The van der Waals surface area contributed by atoms with Crippen LogP contribution >= 0.6 is 0 Å². The molecule has 92 valence electrons. The SMILES string of the molecule is CC(C)(C)ON(C=O)C1(C(=O)O)CC1(F)F. The summed E-state index contributed by atoms with van der Waals surface area (Å²) in [5.74, 6) is -5.22. The number of carboxylic acid groups (broad SMARTS) is 1. The van der Waals surface area contributed by atoms with Crippen molar-refractivity contribution >= 4 is 12.4 Å². The molecule has 1 rings (SSSR count). The van der Waals surface area contributed by atoms with Crippen LogP contribution < -0.4 is 0 Å². The summed E-state index contributed by atoms with van der Waals surface area (Å²) in [5, 5.41) is 8.98. The predicted molar refractivity (Wildman–Crippen MR) is 48.7 cm³/mol. The molecule has 1 amide bonds. The molecule has 1 N–H and O–H groups in total. The molecule has 0 radical (unpaired) electrons. The maximum atomic E-state index is 13.1. The fourth-order valence-electron chi connectivity index (χ4n) is 1.33. The lowest BCUT2D eigenvalue weighted by atomic mass is 10.2. The molecule has 1 aliphatic rings. The minimum absolute atomic E-state index is 0.0275. The number of hydroxylamine groups is 2. The second-order valence-electron chi connectivity index (χ2n) is 4.68. The van der Waals surface area contributed by atoms with Crippen molar-refractivity contribution in [1.82, 2.24) is 5.06 Å². The summed E-state index contributed by atoms with van der Waals surface area (Å²) in [4.78, 5) is 26.4. The van der Waals surface area contributed by atoms with Gasteiger partial charge in [0.05, 0.1) is 12.0 Å². The molecule has 5 nitrogen and oxygen atoms in total. The molecule has 16 heavy (non-hydrogen) atoms. The van der Waals surface area contributed by atoms with Gasteiger partial charge in [-0.3, -0.25) is 9.63 Å². The van der Waals surface area contributed by atoms with Crippen molar-refractivity contribution in [2.75, 3.05) is 0 Å². The van der Waals surface area contributed by atoms with Gasteiger partial charge in [-0.25, -0.2) is 13.6 Å². The molecule has 1 atom stereocenters. The van der Waals surface area contributed by atoms with Gasteiger partial charge >= 0.3 is 5.97 Å². The van der Waals surface area contributed by atoms with Crippen LogP contribution in [0.4, 0.5) is 8.78 Å². The molecule has 0 aromatic heterocycles. The number of hydrogen-bond acceptors (Lipinski definition) is 3. The number of rotatable bonds is 4. The summed E-state index contributed by atoms with van der Waals surface area (Å²) in [7, 11) is 0. The number of amides is 1. The Balaban J connectivity index is 2.96. The Morgan fingerprint density at radius 3 is 2.12 bits per heavy atom. The molecule has 0 heterocycles. The second kappa shape index (κ2) is 3.38. The fourth-order valence-corrected chi connectivity index (χ4v) is 1.33. The van der Waals surface area contributed by atoms with Crippen molar-refractivity contribution in [3.05, 3.63) is 0 Å². The van der Waals surface area contributed by atoms with E-state index in [1.165, 1.54) is 20.8 Å². The van der Waals surface area contributed by atoms with E-state index >= 15 is 0 Å². The van der Waals surface area contributed by atoms with Crippen molar-refractivity contribution < 1.29 is 28.3 Å². The van der Waals surface area contributed by atoms with Gasteiger partial charge in [0.25, 0.3) is 5.92 Å². The molecule has 0 aromatic carbocycles. The van der Waals surface area contributed by atoms with E-state index in [1.54, 1.807) is 0 Å². The molecule has 0 aliphatic heterocycles.